The van der Waals surface area contributed by atoms with Crippen LogP contribution >= 0.6 is 0 Å². The van der Waals surface area contributed by atoms with E-state index in [1.54, 1.807) is 0 Å². The summed E-state index contributed by atoms with van der Waals surface area (Å²) in [7, 11) is 0. The Morgan fingerprint density at radius 1 is 0.370 bits per heavy atom. The van der Waals surface area contributed by atoms with E-state index >= 15 is 0 Å². The average molecular weight is 698 g/mol. The smallest absolute Gasteiger partial charge is 0.131 e. The van der Waals surface area contributed by atoms with Gasteiger partial charge in [-0.05, 0) is 138 Å². The number of rotatable bonds is 6. The third-order valence-electron chi connectivity index (χ3n) is 13.3. The van der Waals surface area contributed by atoms with Crippen molar-refractivity contribution >= 4 is 17.1 Å². The summed E-state index contributed by atoms with van der Waals surface area (Å²) in [6, 6.07) is 64.4. The normalized spacial score (nSPS) is 23.0. The Kier molecular flexibility index (Phi) is 7.40. The number of hydrogen-bond acceptors (Lipinski definition) is 2. The van der Waals surface area contributed by atoms with Crippen LogP contribution in [0.2, 0.25) is 0 Å². The van der Waals surface area contributed by atoms with Gasteiger partial charge in [0.1, 0.15) is 11.5 Å². The molecule has 12 rings (SSSR count). The second-order valence-electron chi connectivity index (χ2n) is 16.2. The van der Waals surface area contributed by atoms with Crippen molar-refractivity contribution in [3.63, 3.8) is 0 Å². The van der Waals surface area contributed by atoms with Crippen molar-refractivity contribution in [1.29, 1.82) is 0 Å². The summed E-state index contributed by atoms with van der Waals surface area (Å²) >= 11 is 0. The number of hydrogen-bond donors (Lipinski definition) is 0. The molecule has 4 fully saturated rings. The van der Waals surface area contributed by atoms with Gasteiger partial charge < -0.3 is 9.64 Å². The second-order valence-corrected chi connectivity index (χ2v) is 16.2. The van der Waals surface area contributed by atoms with Crippen LogP contribution in [0.1, 0.15) is 43.2 Å². The predicted molar refractivity (Wildman–Crippen MR) is 222 cm³/mol. The molecule has 54 heavy (non-hydrogen) atoms. The van der Waals surface area contributed by atoms with E-state index in [1.165, 1.54) is 82.3 Å². The van der Waals surface area contributed by atoms with Gasteiger partial charge in [0.15, 0.2) is 0 Å². The monoisotopic (exact) mass is 697 g/mol. The van der Waals surface area contributed by atoms with Crippen LogP contribution in [-0.2, 0) is 5.41 Å². The lowest BCUT2D eigenvalue weighted by molar-refractivity contribution is -0.0452. The van der Waals surface area contributed by atoms with Gasteiger partial charge in [-0.1, -0.05) is 127 Å². The molecule has 0 saturated heterocycles. The minimum absolute atomic E-state index is 0.00772. The highest BCUT2D eigenvalue weighted by molar-refractivity contribution is 5.81. The molecule has 0 radical (unpaired) electrons. The Balaban J connectivity index is 1.02. The van der Waals surface area contributed by atoms with Crippen molar-refractivity contribution in [2.75, 3.05) is 4.90 Å². The van der Waals surface area contributed by atoms with E-state index in [0.29, 0.717) is 11.8 Å². The molecule has 4 aliphatic carbocycles. The van der Waals surface area contributed by atoms with E-state index in [0.717, 1.165) is 34.7 Å². The van der Waals surface area contributed by atoms with E-state index in [-0.39, 0.29) is 5.41 Å². The molecule has 0 atom stereocenters. The van der Waals surface area contributed by atoms with Crippen molar-refractivity contribution < 1.29 is 4.74 Å². The fourth-order valence-corrected chi connectivity index (χ4v) is 11.2. The molecule has 1 heterocycles. The highest BCUT2D eigenvalue weighted by Crippen LogP contribution is 2.69. The zero-order valence-corrected chi connectivity index (χ0v) is 30.4. The Labute approximate surface area is 318 Å². The van der Waals surface area contributed by atoms with Gasteiger partial charge in [0, 0.05) is 33.6 Å². The van der Waals surface area contributed by atoms with Crippen molar-refractivity contribution in [3.8, 4) is 44.9 Å². The molecule has 2 heteroatoms. The van der Waals surface area contributed by atoms with Crippen molar-refractivity contribution in [2.24, 2.45) is 23.7 Å². The van der Waals surface area contributed by atoms with E-state index in [4.69, 9.17) is 4.74 Å². The molecular formula is C52H43NO. The van der Waals surface area contributed by atoms with Crippen molar-refractivity contribution in [3.05, 3.63) is 187 Å². The Hall–Kier alpha value is -5.86. The molecule has 0 aromatic heterocycles. The minimum Gasteiger partial charge on any atom is -0.457 e. The Morgan fingerprint density at radius 2 is 0.778 bits per heavy atom. The lowest BCUT2D eigenvalue weighted by atomic mass is 9.42. The van der Waals surface area contributed by atoms with E-state index in [1.807, 2.05) is 0 Å². The standard InChI is InChI=1S/C52H43NO/c1-3-9-37(10-4-1)39-15-17-40(18-16-39)42-21-25-46(26-22-42)53(45-23-19-41(20-24-45)38-11-5-2-6-12-38)47-27-28-51-49(34-47)52(48-13-7-8-14-50(48)54-51)43-30-35-29-36(32-43)33-44(52)31-35/h1-28,34-36,43-44H,29-33H2. The van der Waals surface area contributed by atoms with Crippen LogP contribution in [0.4, 0.5) is 17.1 Å². The van der Waals surface area contributed by atoms with Crippen LogP contribution < -0.4 is 9.64 Å². The molecule has 2 nitrogen and oxygen atoms in total. The second kappa shape index (κ2) is 12.6. The average Bonchev–Trinajstić information content (AvgIpc) is 3.23. The molecule has 1 spiro atoms. The van der Waals surface area contributed by atoms with Crippen LogP contribution in [0.25, 0.3) is 33.4 Å². The van der Waals surface area contributed by atoms with Crippen LogP contribution in [0, 0.1) is 23.7 Å². The molecule has 1 aliphatic heterocycles. The van der Waals surface area contributed by atoms with Gasteiger partial charge in [0.05, 0.1) is 0 Å². The van der Waals surface area contributed by atoms with Gasteiger partial charge in [0.2, 0.25) is 0 Å². The third kappa shape index (κ3) is 5.07. The first-order chi connectivity index (χ1) is 26.7. The van der Waals surface area contributed by atoms with Gasteiger partial charge in [-0.2, -0.15) is 0 Å². The molecule has 7 aromatic carbocycles. The molecule has 4 saturated carbocycles. The summed E-state index contributed by atoms with van der Waals surface area (Å²) in [5.41, 5.74) is 13.6. The van der Waals surface area contributed by atoms with Gasteiger partial charge in [-0.15, -0.1) is 0 Å². The van der Waals surface area contributed by atoms with Crippen molar-refractivity contribution in [1.82, 2.24) is 0 Å². The van der Waals surface area contributed by atoms with Crippen LogP contribution in [0.3, 0.4) is 0 Å². The molecule has 262 valence electrons. The first kappa shape index (κ1) is 31.6. The van der Waals surface area contributed by atoms with Crippen LogP contribution in [0.15, 0.2) is 176 Å². The fraction of sp³-hybridized carbons (Fsp3) is 0.192. The first-order valence-corrected chi connectivity index (χ1v) is 19.8. The first-order valence-electron chi connectivity index (χ1n) is 19.8. The topological polar surface area (TPSA) is 12.5 Å². The molecule has 4 bridgehead atoms. The largest absolute Gasteiger partial charge is 0.457 e. The molecular weight excluding hydrogens is 655 g/mol. The van der Waals surface area contributed by atoms with Crippen molar-refractivity contribution in [2.45, 2.75) is 37.5 Å². The Morgan fingerprint density at radius 3 is 1.30 bits per heavy atom. The summed E-state index contributed by atoms with van der Waals surface area (Å²) in [5.74, 6) is 5.17. The van der Waals surface area contributed by atoms with Gasteiger partial charge >= 0.3 is 0 Å². The maximum absolute atomic E-state index is 6.80. The van der Waals surface area contributed by atoms with Gasteiger partial charge in [0.25, 0.3) is 0 Å². The quantitative estimate of drug-likeness (QED) is 0.172. The lowest BCUT2D eigenvalue weighted by Gasteiger charge is -2.63. The molecule has 0 N–H and O–H groups in total. The zero-order valence-electron chi connectivity index (χ0n) is 30.4. The molecule has 7 aromatic rings. The number of para-hydroxylation sites is 1. The highest BCUT2D eigenvalue weighted by Gasteiger charge is 2.61. The minimum atomic E-state index is -0.00772. The summed E-state index contributed by atoms with van der Waals surface area (Å²) < 4.78 is 6.80. The highest BCUT2D eigenvalue weighted by atomic mass is 16.5. The number of nitrogens with zero attached hydrogens (tertiary/aromatic N) is 1. The maximum atomic E-state index is 6.80. The van der Waals surface area contributed by atoms with Crippen LogP contribution in [0.5, 0.6) is 11.5 Å². The SMILES string of the molecule is c1ccc(-c2ccc(-c3ccc(N(c4ccc(-c5ccccc5)cc4)c4ccc5c(c4)C4(c6ccccc6O5)C5CC6CC(C5)CC4C6)cc3)cc2)cc1. The number of benzene rings is 7. The number of fused-ring (bicyclic) bond motifs is 2. The summed E-state index contributed by atoms with van der Waals surface area (Å²) in [6.45, 7) is 0. The van der Waals surface area contributed by atoms with Gasteiger partial charge in [-0.25, -0.2) is 0 Å². The Bertz CT molecular complexity index is 2420. The third-order valence-corrected chi connectivity index (χ3v) is 13.3. The predicted octanol–water partition coefficient (Wildman–Crippen LogP) is 14.0. The van der Waals surface area contributed by atoms with E-state index in [2.05, 4.69) is 181 Å². The van der Waals surface area contributed by atoms with Gasteiger partial charge in [-0.3, -0.25) is 0 Å². The number of ether oxygens (including phenoxy) is 1. The maximum Gasteiger partial charge on any atom is 0.131 e. The molecule has 0 unspecified atom stereocenters. The van der Waals surface area contributed by atoms with E-state index < -0.39 is 0 Å². The fourth-order valence-electron chi connectivity index (χ4n) is 11.2. The summed E-state index contributed by atoms with van der Waals surface area (Å²) in [4.78, 5) is 2.45. The lowest BCUT2D eigenvalue weighted by Crippen LogP contribution is -2.57. The summed E-state index contributed by atoms with van der Waals surface area (Å²) in [5, 5.41) is 0. The zero-order chi connectivity index (χ0) is 35.6. The number of anilines is 3. The molecule has 0 amide bonds. The summed E-state index contributed by atoms with van der Waals surface area (Å²) in [6.07, 6.45) is 6.79. The van der Waals surface area contributed by atoms with Crippen LogP contribution in [-0.4, -0.2) is 0 Å². The molecule has 5 aliphatic rings. The van der Waals surface area contributed by atoms with E-state index in [9.17, 15) is 0 Å².